The van der Waals surface area contributed by atoms with E-state index in [1.54, 1.807) is 48.5 Å². The normalized spacial score (nSPS) is 13.2. The van der Waals surface area contributed by atoms with Crippen molar-refractivity contribution in [3.05, 3.63) is 82.2 Å². The van der Waals surface area contributed by atoms with Gasteiger partial charge in [0.15, 0.2) is 0 Å². The predicted molar refractivity (Wildman–Crippen MR) is 115 cm³/mol. The quantitative estimate of drug-likeness (QED) is 0.199. The molecule has 0 spiro atoms. The van der Waals surface area contributed by atoms with Gasteiger partial charge in [-0.25, -0.2) is 9.59 Å². The maximum atomic E-state index is 12.6. The summed E-state index contributed by atoms with van der Waals surface area (Å²) in [6.07, 6.45) is -1.04. The fourth-order valence-electron chi connectivity index (χ4n) is 2.77. The molecular formula is C22H26N4O6. The average molecular weight is 442 g/mol. The topological polar surface area (TPSA) is 154 Å². The number of aliphatic hydroxyl groups excluding tert-OH is 1. The number of benzene rings is 2. The molecule has 0 aromatic heterocycles. The molecule has 10 heteroatoms. The van der Waals surface area contributed by atoms with E-state index < -0.39 is 30.3 Å². The zero-order valence-corrected chi connectivity index (χ0v) is 17.5. The van der Waals surface area contributed by atoms with E-state index in [0.717, 1.165) is 11.1 Å². The van der Waals surface area contributed by atoms with E-state index in [1.807, 2.05) is 12.1 Å². The lowest BCUT2D eigenvalue weighted by molar-refractivity contribution is -0.148. The number of alkyl carbamates (subject to hydrolysis) is 1. The predicted octanol–water partition coefficient (Wildman–Crippen LogP) is 2.84. The summed E-state index contributed by atoms with van der Waals surface area (Å²) in [6.45, 7) is -1.06. The Hall–Kier alpha value is -3.59. The summed E-state index contributed by atoms with van der Waals surface area (Å²) in [7, 11) is 0. The van der Waals surface area contributed by atoms with Gasteiger partial charge in [0.25, 0.3) is 0 Å². The summed E-state index contributed by atoms with van der Waals surface area (Å²) in [5.74, 6) is -0.727. The Kier molecular flexibility index (Phi) is 9.99. The number of rotatable bonds is 12. The molecule has 2 aromatic carbocycles. The van der Waals surface area contributed by atoms with Crippen molar-refractivity contribution >= 4 is 12.1 Å². The monoisotopic (exact) mass is 442 g/mol. The number of nitrogens with zero attached hydrogens (tertiary/aromatic N) is 3. The van der Waals surface area contributed by atoms with Crippen molar-refractivity contribution in [2.45, 2.75) is 37.7 Å². The molecule has 0 aliphatic rings. The highest BCUT2D eigenvalue weighted by molar-refractivity contribution is 5.81. The van der Waals surface area contributed by atoms with Crippen molar-refractivity contribution in [2.75, 3.05) is 13.2 Å². The number of aliphatic hydroxyl groups is 2. The van der Waals surface area contributed by atoms with E-state index in [4.69, 9.17) is 15.0 Å². The molecule has 0 bridgehead atoms. The molecule has 0 radical (unpaired) electrons. The van der Waals surface area contributed by atoms with Crippen LogP contribution in [0.5, 0.6) is 0 Å². The number of nitrogens with one attached hydrogen (secondary N) is 1. The van der Waals surface area contributed by atoms with Crippen LogP contribution in [-0.4, -0.2) is 47.1 Å². The fraction of sp³-hybridized carbons (Fsp3) is 0.364. The lowest BCUT2D eigenvalue weighted by Gasteiger charge is -2.26. The van der Waals surface area contributed by atoms with E-state index in [0.29, 0.717) is 0 Å². The maximum Gasteiger partial charge on any atom is 0.408 e. The lowest BCUT2D eigenvalue weighted by Crippen LogP contribution is -2.45. The van der Waals surface area contributed by atoms with Gasteiger partial charge in [-0.2, -0.15) is 0 Å². The van der Waals surface area contributed by atoms with Crippen LogP contribution >= 0.6 is 0 Å². The number of ether oxygens (including phenoxy) is 2. The van der Waals surface area contributed by atoms with Crippen molar-refractivity contribution in [3.63, 3.8) is 0 Å². The van der Waals surface area contributed by atoms with Gasteiger partial charge in [-0.1, -0.05) is 65.8 Å². The van der Waals surface area contributed by atoms with Crippen LogP contribution in [0.1, 0.15) is 24.0 Å². The van der Waals surface area contributed by atoms with E-state index >= 15 is 0 Å². The summed E-state index contributed by atoms with van der Waals surface area (Å²) in [4.78, 5) is 27.4. The third kappa shape index (κ3) is 8.65. The van der Waals surface area contributed by atoms with Gasteiger partial charge in [0.05, 0.1) is 18.8 Å². The van der Waals surface area contributed by atoms with Crippen LogP contribution in [0.15, 0.2) is 65.8 Å². The van der Waals surface area contributed by atoms with Crippen LogP contribution in [0, 0.1) is 0 Å². The van der Waals surface area contributed by atoms with Crippen LogP contribution in [0.3, 0.4) is 0 Å². The molecule has 0 fully saturated rings. The van der Waals surface area contributed by atoms with Crippen molar-refractivity contribution in [3.8, 4) is 0 Å². The van der Waals surface area contributed by atoms with Crippen LogP contribution < -0.4 is 5.32 Å². The Morgan fingerprint density at radius 1 is 1.03 bits per heavy atom. The van der Waals surface area contributed by atoms with E-state index in [9.17, 15) is 19.8 Å². The molecule has 32 heavy (non-hydrogen) atoms. The van der Waals surface area contributed by atoms with Gasteiger partial charge in [0.1, 0.15) is 19.3 Å². The van der Waals surface area contributed by atoms with Gasteiger partial charge < -0.3 is 25.0 Å². The number of carbonyl (C=O) groups excluding carboxylic acids is 2. The molecule has 0 saturated carbocycles. The summed E-state index contributed by atoms with van der Waals surface area (Å²) < 4.78 is 10.5. The molecule has 2 atom stereocenters. The van der Waals surface area contributed by atoms with Gasteiger partial charge in [-0.3, -0.25) is 0 Å². The summed E-state index contributed by atoms with van der Waals surface area (Å²) in [6, 6.07) is 16.9. The number of hydrogen-bond acceptors (Lipinski definition) is 7. The van der Waals surface area contributed by atoms with E-state index in [2.05, 4.69) is 15.3 Å². The van der Waals surface area contributed by atoms with Crippen molar-refractivity contribution < 1.29 is 29.3 Å². The first kappa shape index (κ1) is 24.7. The second-order valence-electron chi connectivity index (χ2n) is 7.16. The van der Waals surface area contributed by atoms with Crippen molar-refractivity contribution in [1.82, 2.24) is 5.32 Å². The molecule has 0 heterocycles. The van der Waals surface area contributed by atoms with Gasteiger partial charge in [0.2, 0.25) is 0 Å². The smallest absolute Gasteiger partial charge is 0.408 e. The Morgan fingerprint density at radius 3 is 2.12 bits per heavy atom. The first-order valence-electron chi connectivity index (χ1n) is 9.97. The third-order valence-electron chi connectivity index (χ3n) is 4.63. The average Bonchev–Trinajstić information content (AvgIpc) is 2.83. The number of azide groups is 1. The summed E-state index contributed by atoms with van der Waals surface area (Å²) >= 11 is 0. The molecule has 1 amide bonds. The van der Waals surface area contributed by atoms with Crippen LogP contribution in [-0.2, 0) is 27.5 Å². The molecule has 10 nitrogen and oxygen atoms in total. The fourth-order valence-corrected chi connectivity index (χ4v) is 2.77. The Morgan fingerprint density at radius 2 is 1.59 bits per heavy atom. The Labute approximate surface area is 185 Å². The molecule has 170 valence electrons. The first-order chi connectivity index (χ1) is 15.5. The molecule has 2 rings (SSSR count). The van der Waals surface area contributed by atoms with E-state index in [1.165, 1.54) is 0 Å². The highest BCUT2D eigenvalue weighted by atomic mass is 16.6. The van der Waals surface area contributed by atoms with Crippen LogP contribution in [0.4, 0.5) is 4.79 Å². The molecular weight excluding hydrogens is 416 g/mol. The highest BCUT2D eigenvalue weighted by Gasteiger charge is 2.30. The van der Waals surface area contributed by atoms with Crippen molar-refractivity contribution in [2.24, 2.45) is 5.11 Å². The second kappa shape index (κ2) is 13.0. The first-order valence-corrected chi connectivity index (χ1v) is 9.97. The number of hydrogen-bond donors (Lipinski definition) is 3. The van der Waals surface area contributed by atoms with Gasteiger partial charge >= 0.3 is 12.1 Å². The van der Waals surface area contributed by atoms with Gasteiger partial charge in [0, 0.05) is 4.91 Å². The standard InChI is InChI=1S/C22H26N4O6/c23-26-24-15-22(30,16-27)12-11-19(20(28)31-13-17-7-3-1-4-8-17)25-21(29)32-14-18-9-5-2-6-10-18/h1-10,19,27,30H,11-16H2,(H,25,29)/t19-,22-/m0/s1. The third-order valence-corrected chi connectivity index (χ3v) is 4.63. The van der Waals surface area contributed by atoms with Gasteiger partial charge in [-0.15, -0.1) is 0 Å². The van der Waals surface area contributed by atoms with Crippen molar-refractivity contribution in [1.29, 1.82) is 0 Å². The number of esters is 1. The minimum Gasteiger partial charge on any atom is -0.459 e. The second-order valence-corrected chi connectivity index (χ2v) is 7.16. The largest absolute Gasteiger partial charge is 0.459 e. The highest BCUT2D eigenvalue weighted by Crippen LogP contribution is 2.16. The Balaban J connectivity index is 2.00. The molecule has 0 saturated heterocycles. The lowest BCUT2D eigenvalue weighted by atomic mass is 9.96. The summed E-state index contributed by atoms with van der Waals surface area (Å²) in [5.41, 5.74) is 8.26. The zero-order chi connectivity index (χ0) is 23.2. The van der Waals surface area contributed by atoms with E-state index in [-0.39, 0.29) is 32.6 Å². The SMILES string of the molecule is [N-]=[N+]=NC[C@](O)(CO)CC[C@H](NC(=O)OCc1ccccc1)C(=O)OCc1ccccc1. The maximum absolute atomic E-state index is 12.6. The molecule has 2 aromatic rings. The minimum atomic E-state index is -1.74. The van der Waals surface area contributed by atoms with Crippen LogP contribution in [0.2, 0.25) is 0 Å². The number of amides is 1. The zero-order valence-electron chi connectivity index (χ0n) is 17.5. The Bertz CT molecular complexity index is 905. The molecule has 0 aliphatic carbocycles. The summed E-state index contributed by atoms with van der Waals surface area (Å²) in [5, 5.41) is 25.5. The molecule has 0 unspecified atom stereocenters. The molecule has 0 aliphatic heterocycles. The minimum absolute atomic E-state index is 0.0000894. The molecule has 3 N–H and O–H groups in total. The number of carbonyl (C=O) groups is 2. The van der Waals surface area contributed by atoms with Crippen LogP contribution in [0.25, 0.3) is 10.4 Å². The van der Waals surface area contributed by atoms with Gasteiger partial charge in [-0.05, 0) is 29.5 Å².